The lowest BCUT2D eigenvalue weighted by Crippen LogP contribution is -2.11. The van der Waals surface area contributed by atoms with Crippen LogP contribution in [0.2, 0.25) is 0 Å². The minimum atomic E-state index is -4.47. The first-order valence-corrected chi connectivity index (χ1v) is 5.73. The minimum absolute atomic E-state index is 0.0783. The van der Waals surface area contributed by atoms with Crippen LogP contribution in [-0.2, 0) is 12.8 Å². The molecule has 96 valence electrons. The molecule has 0 atom stereocenters. The molecular weight excluding hydrogens is 313 g/mol. The number of rotatable bonds is 2. The summed E-state index contributed by atoms with van der Waals surface area (Å²) in [7, 11) is 0. The van der Waals surface area contributed by atoms with Crippen molar-refractivity contribution >= 4 is 15.9 Å². The zero-order valence-electron chi connectivity index (χ0n) is 8.95. The Labute approximate surface area is 109 Å². The van der Waals surface area contributed by atoms with Crippen molar-refractivity contribution in [1.82, 2.24) is 9.78 Å². The second-order valence-electron chi connectivity index (χ2n) is 3.57. The summed E-state index contributed by atoms with van der Waals surface area (Å²) in [6, 6.07) is 5.28. The molecule has 2 aromatic rings. The first kappa shape index (κ1) is 13.1. The van der Waals surface area contributed by atoms with Gasteiger partial charge >= 0.3 is 6.18 Å². The van der Waals surface area contributed by atoms with E-state index >= 15 is 0 Å². The Morgan fingerprint density at radius 1 is 1.28 bits per heavy atom. The molecule has 0 radical (unpaired) electrons. The molecule has 1 aromatic carbocycles. The lowest BCUT2D eigenvalue weighted by atomic mass is 10.1. The van der Waals surface area contributed by atoms with E-state index in [1.807, 2.05) is 0 Å². The molecule has 1 heterocycles. The number of aliphatic hydroxyl groups excluding tert-OH is 1. The van der Waals surface area contributed by atoms with Gasteiger partial charge in [0.15, 0.2) is 0 Å². The van der Waals surface area contributed by atoms with Gasteiger partial charge in [0, 0.05) is 10.7 Å². The molecule has 0 saturated carbocycles. The lowest BCUT2D eigenvalue weighted by Gasteiger charge is -2.13. The summed E-state index contributed by atoms with van der Waals surface area (Å²) in [5, 5.41) is 12.7. The van der Waals surface area contributed by atoms with Crippen LogP contribution >= 0.6 is 15.9 Å². The largest absolute Gasteiger partial charge is 0.418 e. The second kappa shape index (κ2) is 4.74. The SMILES string of the molecule is OCc1ccn(-c2ccc(Br)cc2C(F)(F)F)n1. The highest BCUT2D eigenvalue weighted by atomic mass is 79.9. The van der Waals surface area contributed by atoms with Crippen molar-refractivity contribution in [2.75, 3.05) is 0 Å². The fraction of sp³-hybridized carbons (Fsp3) is 0.182. The number of alkyl halides is 3. The summed E-state index contributed by atoms with van der Waals surface area (Å²) in [6.45, 7) is -0.315. The molecular formula is C11H8BrF3N2O. The smallest absolute Gasteiger partial charge is 0.390 e. The van der Waals surface area contributed by atoms with Crippen molar-refractivity contribution in [2.45, 2.75) is 12.8 Å². The fourth-order valence-corrected chi connectivity index (χ4v) is 1.88. The van der Waals surface area contributed by atoms with Crippen molar-refractivity contribution in [1.29, 1.82) is 0 Å². The van der Waals surface area contributed by atoms with E-state index in [4.69, 9.17) is 5.11 Å². The Kier molecular flexibility index (Phi) is 3.45. The van der Waals surface area contributed by atoms with Gasteiger partial charge in [-0.25, -0.2) is 4.68 Å². The van der Waals surface area contributed by atoms with Crippen LogP contribution in [0.1, 0.15) is 11.3 Å². The topological polar surface area (TPSA) is 38.0 Å². The lowest BCUT2D eigenvalue weighted by molar-refractivity contribution is -0.137. The van der Waals surface area contributed by atoms with E-state index in [0.29, 0.717) is 10.2 Å². The predicted octanol–water partition coefficient (Wildman–Crippen LogP) is 3.15. The van der Waals surface area contributed by atoms with Crippen molar-refractivity contribution in [2.24, 2.45) is 0 Å². The van der Waals surface area contributed by atoms with Crippen LogP contribution in [0.15, 0.2) is 34.9 Å². The number of aromatic nitrogens is 2. The van der Waals surface area contributed by atoms with Gasteiger partial charge in [0.25, 0.3) is 0 Å². The maximum Gasteiger partial charge on any atom is 0.418 e. The van der Waals surface area contributed by atoms with Gasteiger partial charge in [-0.05, 0) is 24.3 Å². The number of nitrogens with zero attached hydrogens (tertiary/aromatic N) is 2. The molecule has 0 aliphatic carbocycles. The van der Waals surface area contributed by atoms with Gasteiger partial charge in [-0.1, -0.05) is 15.9 Å². The van der Waals surface area contributed by atoms with Gasteiger partial charge in [0.1, 0.15) is 0 Å². The summed E-state index contributed by atoms with van der Waals surface area (Å²) >= 11 is 3.01. The molecule has 0 saturated heterocycles. The number of hydrogen-bond acceptors (Lipinski definition) is 2. The number of halogens is 4. The summed E-state index contributed by atoms with van der Waals surface area (Å²) in [5.41, 5.74) is -0.555. The van der Waals surface area contributed by atoms with Gasteiger partial charge in [-0.2, -0.15) is 18.3 Å². The van der Waals surface area contributed by atoms with Gasteiger partial charge in [0.2, 0.25) is 0 Å². The van der Waals surface area contributed by atoms with E-state index in [-0.39, 0.29) is 12.3 Å². The molecule has 0 unspecified atom stereocenters. The molecule has 0 aliphatic heterocycles. The molecule has 0 bridgehead atoms. The zero-order valence-corrected chi connectivity index (χ0v) is 10.5. The summed E-state index contributed by atoms with van der Waals surface area (Å²) in [4.78, 5) is 0. The molecule has 7 heteroatoms. The van der Waals surface area contributed by atoms with Gasteiger partial charge < -0.3 is 5.11 Å². The van der Waals surface area contributed by atoms with Crippen LogP contribution < -0.4 is 0 Å². The highest BCUT2D eigenvalue weighted by Crippen LogP contribution is 2.35. The van der Waals surface area contributed by atoms with E-state index in [0.717, 1.165) is 10.7 Å². The molecule has 1 aromatic heterocycles. The van der Waals surface area contributed by atoms with Crippen LogP contribution in [0.25, 0.3) is 5.69 Å². The van der Waals surface area contributed by atoms with Crippen molar-refractivity contribution in [3.63, 3.8) is 0 Å². The van der Waals surface area contributed by atoms with Crippen LogP contribution in [-0.4, -0.2) is 14.9 Å². The maximum absolute atomic E-state index is 12.9. The third kappa shape index (κ3) is 2.56. The molecule has 2 rings (SSSR count). The van der Waals surface area contributed by atoms with Crippen LogP contribution in [0.5, 0.6) is 0 Å². The number of benzene rings is 1. The highest BCUT2D eigenvalue weighted by Gasteiger charge is 2.34. The van der Waals surface area contributed by atoms with Crippen LogP contribution in [0.4, 0.5) is 13.2 Å². The van der Waals surface area contributed by atoms with Gasteiger partial charge in [-0.15, -0.1) is 0 Å². The Balaban J connectivity index is 2.56. The number of aliphatic hydroxyl groups is 1. The monoisotopic (exact) mass is 320 g/mol. The molecule has 18 heavy (non-hydrogen) atoms. The third-order valence-corrected chi connectivity index (χ3v) is 2.81. The molecule has 0 amide bonds. The summed E-state index contributed by atoms with van der Waals surface area (Å²) in [6.07, 6.45) is -3.09. The Morgan fingerprint density at radius 3 is 2.56 bits per heavy atom. The van der Waals surface area contributed by atoms with E-state index in [1.54, 1.807) is 0 Å². The molecule has 0 aliphatic rings. The van der Waals surface area contributed by atoms with Crippen LogP contribution in [0.3, 0.4) is 0 Å². The third-order valence-electron chi connectivity index (χ3n) is 2.32. The first-order valence-electron chi connectivity index (χ1n) is 4.94. The van der Waals surface area contributed by atoms with Crippen molar-refractivity contribution in [3.8, 4) is 5.69 Å². The van der Waals surface area contributed by atoms with Gasteiger partial charge in [0.05, 0.1) is 23.6 Å². The maximum atomic E-state index is 12.9. The fourth-order valence-electron chi connectivity index (χ4n) is 1.52. The molecule has 0 spiro atoms. The molecule has 0 fully saturated rings. The average molecular weight is 321 g/mol. The van der Waals surface area contributed by atoms with E-state index < -0.39 is 11.7 Å². The highest BCUT2D eigenvalue weighted by molar-refractivity contribution is 9.10. The second-order valence-corrected chi connectivity index (χ2v) is 4.48. The van der Waals surface area contributed by atoms with E-state index in [9.17, 15) is 13.2 Å². The van der Waals surface area contributed by atoms with Crippen molar-refractivity contribution < 1.29 is 18.3 Å². The standard InChI is InChI=1S/C11H8BrF3N2O/c12-7-1-2-10(9(5-7)11(13,14)15)17-4-3-8(6-18)16-17/h1-5,18H,6H2. The Morgan fingerprint density at radius 2 is 2.00 bits per heavy atom. The first-order chi connectivity index (χ1) is 8.41. The Bertz CT molecular complexity index is 566. The van der Waals surface area contributed by atoms with Gasteiger partial charge in [-0.3, -0.25) is 0 Å². The summed E-state index contributed by atoms with van der Waals surface area (Å²) < 4.78 is 40.1. The van der Waals surface area contributed by atoms with E-state index in [2.05, 4.69) is 21.0 Å². The quantitative estimate of drug-likeness (QED) is 0.923. The Hall–Kier alpha value is -1.34. The normalized spacial score (nSPS) is 11.8. The predicted molar refractivity (Wildman–Crippen MR) is 62.2 cm³/mol. The molecule has 3 nitrogen and oxygen atoms in total. The number of hydrogen-bond donors (Lipinski definition) is 1. The van der Waals surface area contributed by atoms with E-state index in [1.165, 1.54) is 24.4 Å². The zero-order chi connectivity index (χ0) is 13.3. The van der Waals surface area contributed by atoms with Crippen LogP contribution in [0, 0.1) is 0 Å². The minimum Gasteiger partial charge on any atom is -0.390 e. The molecule has 1 N–H and O–H groups in total. The summed E-state index contributed by atoms with van der Waals surface area (Å²) in [5.74, 6) is 0. The average Bonchev–Trinajstić information content (AvgIpc) is 2.76. The van der Waals surface area contributed by atoms with Crippen molar-refractivity contribution in [3.05, 3.63) is 46.2 Å².